The van der Waals surface area contributed by atoms with Gasteiger partial charge in [0.25, 0.3) is 0 Å². The Hall–Kier alpha value is -1.62. The molecule has 19 heavy (non-hydrogen) atoms. The maximum Gasteiger partial charge on any atom is 0.205 e. The maximum atomic E-state index is 5.78. The maximum absolute atomic E-state index is 5.78. The van der Waals surface area contributed by atoms with Gasteiger partial charge in [-0.3, -0.25) is 0 Å². The van der Waals surface area contributed by atoms with E-state index in [0.717, 1.165) is 41.9 Å². The van der Waals surface area contributed by atoms with Crippen molar-refractivity contribution in [3.05, 3.63) is 34.8 Å². The number of nitrogens with one attached hydrogen (secondary N) is 1. The summed E-state index contributed by atoms with van der Waals surface area (Å²) in [5.41, 5.74) is 1.31. The van der Waals surface area contributed by atoms with Crippen molar-refractivity contribution in [2.45, 2.75) is 19.8 Å². The van der Waals surface area contributed by atoms with Gasteiger partial charge in [-0.05, 0) is 37.3 Å². The Kier molecular flexibility index (Phi) is 3.64. The number of para-hydroxylation sites is 1. The Morgan fingerprint density at radius 2 is 2.26 bits per heavy atom. The Morgan fingerprint density at radius 1 is 1.37 bits per heavy atom. The molecule has 1 aromatic carbocycles. The zero-order valence-corrected chi connectivity index (χ0v) is 11.7. The van der Waals surface area contributed by atoms with Crippen LogP contribution in [0.3, 0.4) is 0 Å². The molecule has 1 aromatic heterocycles. The SMILES string of the molecule is Cc1nnc(NCC2CCOc3ccccc3C2)s1. The van der Waals surface area contributed by atoms with Gasteiger partial charge >= 0.3 is 0 Å². The van der Waals surface area contributed by atoms with Crippen LogP contribution in [-0.2, 0) is 6.42 Å². The van der Waals surface area contributed by atoms with Crippen LogP contribution >= 0.6 is 11.3 Å². The molecule has 1 atom stereocenters. The topological polar surface area (TPSA) is 47.0 Å². The number of ether oxygens (including phenoxy) is 1. The van der Waals surface area contributed by atoms with E-state index in [9.17, 15) is 0 Å². The lowest BCUT2D eigenvalue weighted by atomic mass is 9.97. The summed E-state index contributed by atoms with van der Waals surface area (Å²) < 4.78 is 5.78. The first-order chi connectivity index (χ1) is 9.31. The highest BCUT2D eigenvalue weighted by molar-refractivity contribution is 7.15. The van der Waals surface area contributed by atoms with Crippen LogP contribution < -0.4 is 10.1 Å². The van der Waals surface area contributed by atoms with Crippen LogP contribution in [0.4, 0.5) is 5.13 Å². The van der Waals surface area contributed by atoms with E-state index in [1.165, 1.54) is 5.56 Å². The molecule has 0 radical (unpaired) electrons. The Balaban J connectivity index is 1.63. The van der Waals surface area contributed by atoms with Crippen molar-refractivity contribution in [1.82, 2.24) is 10.2 Å². The number of fused-ring (bicyclic) bond motifs is 1. The first kappa shape index (κ1) is 12.4. The van der Waals surface area contributed by atoms with Crippen molar-refractivity contribution in [3.8, 4) is 5.75 Å². The van der Waals surface area contributed by atoms with Crippen molar-refractivity contribution in [2.24, 2.45) is 5.92 Å². The summed E-state index contributed by atoms with van der Waals surface area (Å²) in [6.07, 6.45) is 2.13. The molecule has 0 aliphatic carbocycles. The van der Waals surface area contributed by atoms with Gasteiger partial charge in [0.1, 0.15) is 10.8 Å². The fourth-order valence-corrected chi connectivity index (χ4v) is 2.93. The molecule has 1 unspecified atom stereocenters. The molecule has 0 amide bonds. The first-order valence-corrected chi connectivity index (χ1v) is 7.37. The minimum Gasteiger partial charge on any atom is -0.493 e. The molecule has 4 nitrogen and oxygen atoms in total. The van der Waals surface area contributed by atoms with Crippen molar-refractivity contribution < 1.29 is 4.74 Å². The Bertz CT molecular complexity index is 555. The molecule has 0 saturated carbocycles. The summed E-state index contributed by atoms with van der Waals surface area (Å²) >= 11 is 1.60. The van der Waals surface area contributed by atoms with E-state index in [1.807, 2.05) is 13.0 Å². The zero-order valence-electron chi connectivity index (χ0n) is 10.9. The third-order valence-corrected chi connectivity index (χ3v) is 4.13. The summed E-state index contributed by atoms with van der Waals surface area (Å²) in [6.45, 7) is 3.68. The molecule has 1 aliphatic rings. The van der Waals surface area contributed by atoms with Crippen molar-refractivity contribution >= 4 is 16.5 Å². The highest BCUT2D eigenvalue weighted by Gasteiger charge is 2.17. The van der Waals surface area contributed by atoms with Gasteiger partial charge in [-0.25, -0.2) is 0 Å². The molecule has 1 aliphatic heterocycles. The fraction of sp³-hybridized carbons (Fsp3) is 0.429. The summed E-state index contributed by atoms with van der Waals surface area (Å²) in [5.74, 6) is 1.62. The number of aryl methyl sites for hydroxylation is 1. The number of aromatic nitrogens is 2. The quantitative estimate of drug-likeness (QED) is 0.935. The van der Waals surface area contributed by atoms with Crippen LogP contribution in [0.2, 0.25) is 0 Å². The lowest BCUT2D eigenvalue weighted by Crippen LogP contribution is -2.17. The molecule has 2 heterocycles. The number of hydrogen-bond acceptors (Lipinski definition) is 5. The minimum atomic E-state index is 0.577. The smallest absolute Gasteiger partial charge is 0.205 e. The molecule has 2 aromatic rings. The van der Waals surface area contributed by atoms with Crippen LogP contribution in [0.15, 0.2) is 24.3 Å². The number of anilines is 1. The van der Waals surface area contributed by atoms with Crippen LogP contribution in [0.5, 0.6) is 5.75 Å². The van der Waals surface area contributed by atoms with Gasteiger partial charge in [0, 0.05) is 6.54 Å². The number of hydrogen-bond donors (Lipinski definition) is 1. The van der Waals surface area contributed by atoms with Gasteiger partial charge in [-0.1, -0.05) is 29.5 Å². The highest BCUT2D eigenvalue weighted by atomic mass is 32.1. The number of rotatable bonds is 3. The lowest BCUT2D eigenvalue weighted by molar-refractivity contribution is 0.298. The fourth-order valence-electron chi connectivity index (χ4n) is 2.34. The largest absolute Gasteiger partial charge is 0.493 e. The summed E-state index contributed by atoms with van der Waals surface area (Å²) in [6, 6.07) is 8.32. The average molecular weight is 275 g/mol. The monoisotopic (exact) mass is 275 g/mol. The Labute approximate surface area is 116 Å². The second kappa shape index (κ2) is 5.57. The van der Waals surface area contributed by atoms with Crippen molar-refractivity contribution in [1.29, 1.82) is 0 Å². The van der Waals surface area contributed by atoms with Gasteiger partial charge < -0.3 is 10.1 Å². The van der Waals surface area contributed by atoms with Crippen LogP contribution in [0.1, 0.15) is 17.0 Å². The number of benzene rings is 1. The molecule has 100 valence electrons. The first-order valence-electron chi connectivity index (χ1n) is 6.56. The van der Waals surface area contributed by atoms with E-state index >= 15 is 0 Å². The van der Waals surface area contributed by atoms with Crippen molar-refractivity contribution in [3.63, 3.8) is 0 Å². The molecule has 0 fully saturated rings. The minimum absolute atomic E-state index is 0.577. The van der Waals surface area contributed by atoms with Gasteiger partial charge in [0.05, 0.1) is 6.61 Å². The second-order valence-corrected chi connectivity index (χ2v) is 6.00. The van der Waals surface area contributed by atoms with Crippen LogP contribution in [0.25, 0.3) is 0 Å². The summed E-state index contributed by atoms with van der Waals surface area (Å²) in [4.78, 5) is 0. The lowest BCUT2D eigenvalue weighted by Gasteiger charge is -2.13. The number of nitrogens with zero attached hydrogens (tertiary/aromatic N) is 2. The van der Waals surface area contributed by atoms with E-state index in [2.05, 4.69) is 33.7 Å². The van der Waals surface area contributed by atoms with E-state index in [1.54, 1.807) is 11.3 Å². The predicted molar refractivity (Wildman–Crippen MR) is 76.9 cm³/mol. The predicted octanol–water partition coefficient (Wildman–Crippen LogP) is 2.90. The third kappa shape index (κ3) is 3.04. The van der Waals surface area contributed by atoms with E-state index in [-0.39, 0.29) is 0 Å². The van der Waals surface area contributed by atoms with E-state index in [4.69, 9.17) is 4.74 Å². The summed E-state index contributed by atoms with van der Waals surface area (Å²) in [5, 5.41) is 13.4. The van der Waals surface area contributed by atoms with E-state index in [0.29, 0.717) is 5.92 Å². The van der Waals surface area contributed by atoms with Crippen molar-refractivity contribution in [2.75, 3.05) is 18.5 Å². The molecule has 0 spiro atoms. The van der Waals surface area contributed by atoms with Crippen LogP contribution in [0, 0.1) is 12.8 Å². The van der Waals surface area contributed by atoms with Gasteiger partial charge in [-0.2, -0.15) is 0 Å². The van der Waals surface area contributed by atoms with Gasteiger partial charge in [0.2, 0.25) is 5.13 Å². The normalized spacial score (nSPS) is 18.3. The second-order valence-electron chi connectivity index (χ2n) is 4.82. The molecule has 0 saturated heterocycles. The molecule has 0 bridgehead atoms. The van der Waals surface area contributed by atoms with Gasteiger partial charge in [0.15, 0.2) is 0 Å². The highest BCUT2D eigenvalue weighted by Crippen LogP contribution is 2.27. The Morgan fingerprint density at radius 3 is 3.11 bits per heavy atom. The molecule has 5 heteroatoms. The molecule has 1 N–H and O–H groups in total. The van der Waals surface area contributed by atoms with E-state index < -0.39 is 0 Å². The summed E-state index contributed by atoms with van der Waals surface area (Å²) in [7, 11) is 0. The molecular formula is C14H17N3OS. The third-order valence-electron chi connectivity index (χ3n) is 3.33. The zero-order chi connectivity index (χ0) is 13.1. The molecular weight excluding hydrogens is 258 g/mol. The van der Waals surface area contributed by atoms with Gasteiger partial charge in [-0.15, -0.1) is 10.2 Å². The molecule has 3 rings (SSSR count). The standard InChI is InChI=1S/C14H17N3OS/c1-10-16-17-14(19-10)15-9-11-6-7-18-13-5-3-2-4-12(13)8-11/h2-5,11H,6-9H2,1H3,(H,15,17). The van der Waals surface area contributed by atoms with Crippen LogP contribution in [-0.4, -0.2) is 23.3 Å². The average Bonchev–Trinajstić information content (AvgIpc) is 2.72.